The van der Waals surface area contributed by atoms with E-state index in [2.05, 4.69) is 17.6 Å². The van der Waals surface area contributed by atoms with E-state index in [1.807, 2.05) is 6.07 Å². The molecule has 24 heavy (non-hydrogen) atoms. The third-order valence-corrected chi connectivity index (χ3v) is 6.44. The van der Waals surface area contributed by atoms with Crippen molar-refractivity contribution in [1.29, 1.82) is 5.26 Å². The van der Waals surface area contributed by atoms with Crippen molar-refractivity contribution in [2.45, 2.75) is 57.9 Å². The van der Waals surface area contributed by atoms with Crippen molar-refractivity contribution in [3.8, 4) is 6.07 Å². The average Bonchev–Trinajstić information content (AvgIpc) is 2.53. The van der Waals surface area contributed by atoms with Crippen LogP contribution in [0.15, 0.2) is 11.8 Å². The van der Waals surface area contributed by atoms with Gasteiger partial charge in [0.1, 0.15) is 11.6 Å². The Bertz CT molecular complexity index is 514. The molecule has 0 aromatic rings. The predicted octanol–water partition coefficient (Wildman–Crippen LogP) is 2.09. The van der Waals surface area contributed by atoms with Gasteiger partial charge in [-0.2, -0.15) is 5.26 Å². The zero-order chi connectivity index (χ0) is 17.2. The summed E-state index contributed by atoms with van der Waals surface area (Å²) in [7, 11) is 0. The molecule has 4 aliphatic rings. The monoisotopic (exact) mass is 331 g/mol. The largest absolute Gasteiger partial charge is 0.396 e. The molecule has 4 aliphatic carbocycles. The number of hydrogen-bond acceptors (Lipinski definition) is 4. The summed E-state index contributed by atoms with van der Waals surface area (Å²) in [5, 5.41) is 24.0. The Kier molecular flexibility index (Phi) is 5.15. The van der Waals surface area contributed by atoms with Crippen LogP contribution in [0.5, 0.6) is 0 Å². The highest BCUT2D eigenvalue weighted by Crippen LogP contribution is 2.61. The summed E-state index contributed by atoms with van der Waals surface area (Å²) in [4.78, 5) is 12.5. The SMILES string of the molecule is CC(NC(=O)/C(C#N)=C\NCCCO)C12CC3CC(CC(C3)C1)C2. The summed E-state index contributed by atoms with van der Waals surface area (Å²) >= 11 is 0. The summed E-state index contributed by atoms with van der Waals surface area (Å²) in [6, 6.07) is 2.10. The van der Waals surface area contributed by atoms with E-state index in [9.17, 15) is 10.1 Å². The lowest BCUT2D eigenvalue weighted by Crippen LogP contribution is -2.56. The van der Waals surface area contributed by atoms with Crippen molar-refractivity contribution in [3.63, 3.8) is 0 Å². The summed E-state index contributed by atoms with van der Waals surface area (Å²) in [6.45, 7) is 2.77. The molecule has 0 aliphatic heterocycles. The molecule has 0 aromatic carbocycles. The second kappa shape index (κ2) is 7.14. The van der Waals surface area contributed by atoms with E-state index in [1.54, 1.807) is 0 Å². The zero-order valence-electron chi connectivity index (χ0n) is 14.6. The number of aliphatic hydroxyl groups is 1. The minimum absolute atomic E-state index is 0.0952. The number of amides is 1. The molecule has 1 amide bonds. The van der Waals surface area contributed by atoms with Gasteiger partial charge in [0.2, 0.25) is 0 Å². The number of carbonyl (C=O) groups is 1. The lowest BCUT2D eigenvalue weighted by atomic mass is 9.48. The van der Waals surface area contributed by atoms with Gasteiger partial charge in [-0.1, -0.05) is 0 Å². The molecule has 1 unspecified atom stereocenters. The molecule has 4 bridgehead atoms. The van der Waals surface area contributed by atoms with Crippen molar-refractivity contribution < 1.29 is 9.90 Å². The summed E-state index contributed by atoms with van der Waals surface area (Å²) in [5.41, 5.74) is 0.361. The minimum Gasteiger partial charge on any atom is -0.396 e. The standard InChI is InChI=1S/C19H29N3O2/c1-13(22-18(24)17(11-20)12-21-3-2-4-23)19-8-14-5-15(9-19)7-16(6-14)10-19/h12-16,21,23H,2-10H2,1H3,(H,22,24)/b17-12-. The number of aliphatic hydroxyl groups excluding tert-OH is 1. The van der Waals surface area contributed by atoms with Crippen LogP contribution in [0.25, 0.3) is 0 Å². The zero-order valence-corrected chi connectivity index (χ0v) is 14.6. The van der Waals surface area contributed by atoms with E-state index in [0.717, 1.165) is 17.8 Å². The maximum Gasteiger partial charge on any atom is 0.263 e. The summed E-state index contributed by atoms with van der Waals surface area (Å²) in [6.07, 6.45) is 9.94. The van der Waals surface area contributed by atoms with Gasteiger partial charge < -0.3 is 15.7 Å². The van der Waals surface area contributed by atoms with Crippen molar-refractivity contribution in [2.75, 3.05) is 13.2 Å². The molecule has 5 nitrogen and oxygen atoms in total. The minimum atomic E-state index is -0.280. The third-order valence-electron chi connectivity index (χ3n) is 6.44. The lowest BCUT2D eigenvalue weighted by Gasteiger charge is -2.59. The second-order valence-electron chi connectivity index (χ2n) is 8.18. The highest BCUT2D eigenvalue weighted by atomic mass is 16.3. The molecular formula is C19H29N3O2. The van der Waals surface area contributed by atoms with Gasteiger partial charge in [-0.25, -0.2) is 0 Å². The van der Waals surface area contributed by atoms with E-state index in [-0.39, 0.29) is 29.5 Å². The lowest BCUT2D eigenvalue weighted by molar-refractivity contribution is -0.122. The van der Waals surface area contributed by atoms with Gasteiger partial charge >= 0.3 is 0 Å². The predicted molar refractivity (Wildman–Crippen MR) is 91.6 cm³/mol. The van der Waals surface area contributed by atoms with Crippen LogP contribution in [0.1, 0.15) is 51.9 Å². The van der Waals surface area contributed by atoms with Gasteiger partial charge in [-0.05, 0) is 75.0 Å². The van der Waals surface area contributed by atoms with Crippen LogP contribution in [0, 0.1) is 34.5 Å². The number of hydrogen-bond donors (Lipinski definition) is 3. The average molecular weight is 331 g/mol. The molecule has 0 spiro atoms. The van der Waals surface area contributed by atoms with Gasteiger partial charge in [0.15, 0.2) is 0 Å². The van der Waals surface area contributed by atoms with Crippen LogP contribution in [0.4, 0.5) is 0 Å². The molecular weight excluding hydrogens is 302 g/mol. The number of nitriles is 1. The van der Waals surface area contributed by atoms with Crippen LogP contribution in [0.3, 0.4) is 0 Å². The van der Waals surface area contributed by atoms with Crippen LogP contribution in [-0.2, 0) is 4.79 Å². The number of carbonyl (C=O) groups excluding carboxylic acids is 1. The van der Waals surface area contributed by atoms with E-state index >= 15 is 0 Å². The number of rotatable bonds is 7. The van der Waals surface area contributed by atoms with Crippen LogP contribution < -0.4 is 10.6 Å². The molecule has 0 heterocycles. The van der Waals surface area contributed by atoms with Crippen molar-refractivity contribution >= 4 is 5.91 Å². The van der Waals surface area contributed by atoms with Gasteiger partial charge in [0.05, 0.1) is 0 Å². The molecule has 0 radical (unpaired) electrons. The normalized spacial score (nSPS) is 35.4. The van der Waals surface area contributed by atoms with Gasteiger partial charge in [-0.15, -0.1) is 0 Å². The maximum absolute atomic E-state index is 12.5. The molecule has 3 N–H and O–H groups in total. The number of nitrogens with one attached hydrogen (secondary N) is 2. The van der Waals surface area contributed by atoms with E-state index in [0.29, 0.717) is 13.0 Å². The molecule has 4 rings (SSSR count). The van der Waals surface area contributed by atoms with Crippen LogP contribution in [-0.4, -0.2) is 30.2 Å². The first-order valence-corrected chi connectivity index (χ1v) is 9.31. The first-order chi connectivity index (χ1) is 11.6. The van der Waals surface area contributed by atoms with Gasteiger partial charge in [0.25, 0.3) is 5.91 Å². The highest BCUT2D eigenvalue weighted by molar-refractivity contribution is 5.97. The Morgan fingerprint density at radius 1 is 1.29 bits per heavy atom. The maximum atomic E-state index is 12.5. The van der Waals surface area contributed by atoms with Crippen LogP contribution >= 0.6 is 0 Å². The quantitative estimate of drug-likeness (QED) is 0.379. The van der Waals surface area contributed by atoms with Crippen molar-refractivity contribution in [2.24, 2.45) is 23.2 Å². The molecule has 0 saturated heterocycles. The Morgan fingerprint density at radius 3 is 2.38 bits per heavy atom. The Labute approximate surface area is 144 Å². The Hall–Kier alpha value is -1.54. The molecule has 4 fully saturated rings. The second-order valence-corrected chi connectivity index (χ2v) is 8.18. The smallest absolute Gasteiger partial charge is 0.263 e. The Balaban J connectivity index is 1.60. The van der Waals surface area contributed by atoms with E-state index in [4.69, 9.17) is 5.11 Å². The fraction of sp³-hybridized carbons (Fsp3) is 0.789. The molecule has 4 saturated carbocycles. The first kappa shape index (κ1) is 17.3. The van der Waals surface area contributed by atoms with E-state index < -0.39 is 0 Å². The molecule has 132 valence electrons. The fourth-order valence-electron chi connectivity index (χ4n) is 5.64. The summed E-state index contributed by atoms with van der Waals surface area (Å²) in [5.74, 6) is 2.27. The topological polar surface area (TPSA) is 85.2 Å². The van der Waals surface area contributed by atoms with Crippen LogP contribution in [0.2, 0.25) is 0 Å². The molecule has 1 atom stereocenters. The summed E-state index contributed by atoms with van der Waals surface area (Å²) < 4.78 is 0. The van der Waals surface area contributed by atoms with Crippen molar-refractivity contribution in [3.05, 3.63) is 11.8 Å². The first-order valence-electron chi connectivity index (χ1n) is 9.31. The van der Waals surface area contributed by atoms with Gasteiger partial charge in [-0.3, -0.25) is 4.79 Å². The number of nitrogens with zero attached hydrogens (tertiary/aromatic N) is 1. The molecule has 0 aromatic heterocycles. The van der Waals surface area contributed by atoms with Gasteiger partial charge in [0, 0.05) is 25.4 Å². The highest BCUT2D eigenvalue weighted by Gasteiger charge is 2.53. The third kappa shape index (κ3) is 3.44. The Morgan fingerprint density at radius 2 is 1.88 bits per heavy atom. The van der Waals surface area contributed by atoms with E-state index in [1.165, 1.54) is 44.7 Å². The molecule has 5 heteroatoms. The fourth-order valence-corrected chi connectivity index (χ4v) is 5.64. The van der Waals surface area contributed by atoms with Crippen molar-refractivity contribution in [1.82, 2.24) is 10.6 Å².